The minimum absolute atomic E-state index is 0.132. The molecule has 1 N–H and O–H groups in total. The Bertz CT molecular complexity index is 1620. The standard InChI is InChI=1S/C32H28BrNO7/c1-4-15-5-7-16(8-6-15)34-31(38)19-10-9-18-20(26(19)32(34)39)13-21-27(24(36)14-22(33)30(21)37)28(18)29-23(35)11-17(40-2)12-25(29)41-3/h5-9,11-12,14,19-20,26,28,35H,4,10,13H2,1-3H3/t19-,20+,26-,28-/m0/s1. The highest BCUT2D eigenvalue weighted by Crippen LogP contribution is 2.58. The Hall–Kier alpha value is -3.98. The van der Waals surface area contributed by atoms with Gasteiger partial charge in [-0.3, -0.25) is 24.1 Å². The fourth-order valence-electron chi connectivity index (χ4n) is 6.84. The molecule has 0 aromatic heterocycles. The molecule has 41 heavy (non-hydrogen) atoms. The lowest BCUT2D eigenvalue weighted by Gasteiger charge is -2.42. The number of hydrogen-bond acceptors (Lipinski definition) is 7. The molecule has 210 valence electrons. The number of carbonyl (C=O) groups is 4. The van der Waals surface area contributed by atoms with E-state index < -0.39 is 23.7 Å². The second-order valence-corrected chi connectivity index (χ2v) is 11.5. The zero-order valence-corrected chi connectivity index (χ0v) is 24.4. The molecule has 0 saturated carbocycles. The van der Waals surface area contributed by atoms with Gasteiger partial charge in [0.05, 0.1) is 36.2 Å². The number of anilines is 1. The van der Waals surface area contributed by atoms with E-state index in [2.05, 4.69) is 15.9 Å². The van der Waals surface area contributed by atoms with Crippen molar-refractivity contribution in [3.05, 3.63) is 80.9 Å². The van der Waals surface area contributed by atoms with Gasteiger partial charge in [-0.05, 0) is 58.8 Å². The van der Waals surface area contributed by atoms with Crippen LogP contribution in [0.2, 0.25) is 0 Å². The number of hydrogen-bond donors (Lipinski definition) is 1. The number of ether oxygens (including phenoxy) is 2. The quantitative estimate of drug-likeness (QED) is 0.287. The molecule has 2 amide bonds. The highest BCUT2D eigenvalue weighted by molar-refractivity contribution is 9.12. The first kappa shape index (κ1) is 27.2. The molecule has 1 saturated heterocycles. The number of aromatic hydroxyl groups is 1. The fraction of sp³-hybridized carbons (Fsp3) is 0.312. The number of phenolic OH excluding ortho intramolecular Hbond substituents is 1. The normalized spacial score (nSPS) is 25.4. The Balaban J connectivity index is 1.51. The molecule has 1 heterocycles. The van der Waals surface area contributed by atoms with Crippen LogP contribution in [-0.2, 0) is 25.6 Å². The molecule has 4 atom stereocenters. The van der Waals surface area contributed by atoms with Gasteiger partial charge < -0.3 is 14.6 Å². The number of amides is 2. The zero-order valence-electron chi connectivity index (χ0n) is 22.8. The number of imide groups is 1. The Morgan fingerprint density at radius 2 is 1.73 bits per heavy atom. The van der Waals surface area contributed by atoms with E-state index in [1.54, 1.807) is 18.2 Å². The molecule has 2 aromatic rings. The smallest absolute Gasteiger partial charge is 0.238 e. The summed E-state index contributed by atoms with van der Waals surface area (Å²) in [5.41, 5.74) is 3.18. The number of Topliss-reactive ketones (excluding diaryl/α,β-unsaturated/α-hetero) is 1. The summed E-state index contributed by atoms with van der Waals surface area (Å²) in [5, 5.41) is 11.2. The Morgan fingerprint density at radius 3 is 2.39 bits per heavy atom. The lowest BCUT2D eigenvalue weighted by Crippen LogP contribution is -2.39. The summed E-state index contributed by atoms with van der Waals surface area (Å²) in [5.74, 6) is -3.51. The number of halogens is 1. The van der Waals surface area contributed by atoms with E-state index in [-0.39, 0.29) is 56.9 Å². The van der Waals surface area contributed by atoms with Crippen LogP contribution in [0, 0.1) is 17.8 Å². The number of benzene rings is 2. The highest BCUT2D eigenvalue weighted by atomic mass is 79.9. The molecule has 0 spiro atoms. The van der Waals surface area contributed by atoms with Gasteiger partial charge >= 0.3 is 0 Å². The van der Waals surface area contributed by atoms with Crippen molar-refractivity contribution in [2.45, 2.75) is 32.1 Å². The van der Waals surface area contributed by atoms with Gasteiger partial charge in [-0.25, -0.2) is 0 Å². The van der Waals surface area contributed by atoms with Crippen molar-refractivity contribution in [1.29, 1.82) is 0 Å². The monoisotopic (exact) mass is 617 g/mol. The van der Waals surface area contributed by atoms with E-state index in [1.165, 1.54) is 31.3 Å². The van der Waals surface area contributed by atoms with Crippen molar-refractivity contribution in [3.8, 4) is 17.2 Å². The van der Waals surface area contributed by atoms with E-state index >= 15 is 0 Å². The van der Waals surface area contributed by atoms with Crippen LogP contribution in [0.25, 0.3) is 0 Å². The molecule has 1 aliphatic heterocycles. The third-order valence-corrected chi connectivity index (χ3v) is 9.36. The maximum atomic E-state index is 14.0. The van der Waals surface area contributed by atoms with Crippen LogP contribution in [0.3, 0.4) is 0 Å². The maximum Gasteiger partial charge on any atom is 0.238 e. The maximum absolute atomic E-state index is 14.0. The molecule has 1 fully saturated rings. The molecular formula is C32H28BrNO7. The van der Waals surface area contributed by atoms with E-state index in [1.807, 2.05) is 25.1 Å². The number of allylic oxidation sites excluding steroid dienone is 6. The highest BCUT2D eigenvalue weighted by Gasteiger charge is 2.57. The minimum atomic E-state index is -0.848. The third-order valence-electron chi connectivity index (χ3n) is 8.77. The summed E-state index contributed by atoms with van der Waals surface area (Å²) in [6.07, 6.45) is 4.42. The van der Waals surface area contributed by atoms with Crippen LogP contribution in [0.1, 0.15) is 36.8 Å². The van der Waals surface area contributed by atoms with Crippen LogP contribution in [0.4, 0.5) is 5.69 Å². The Kier molecular flexibility index (Phi) is 6.72. The van der Waals surface area contributed by atoms with Gasteiger partial charge in [0.2, 0.25) is 11.8 Å². The van der Waals surface area contributed by atoms with E-state index in [0.29, 0.717) is 23.4 Å². The number of ketones is 2. The molecule has 0 radical (unpaired) electrons. The first-order valence-electron chi connectivity index (χ1n) is 13.5. The number of rotatable bonds is 5. The topological polar surface area (TPSA) is 110 Å². The molecule has 3 aliphatic carbocycles. The minimum Gasteiger partial charge on any atom is -0.507 e. The Morgan fingerprint density at radius 1 is 1.00 bits per heavy atom. The molecule has 6 rings (SSSR count). The lowest BCUT2D eigenvalue weighted by molar-refractivity contribution is -0.123. The van der Waals surface area contributed by atoms with Gasteiger partial charge in [-0.2, -0.15) is 0 Å². The first-order valence-corrected chi connectivity index (χ1v) is 14.3. The predicted molar refractivity (Wildman–Crippen MR) is 154 cm³/mol. The Labute approximate surface area is 245 Å². The van der Waals surface area contributed by atoms with Crippen LogP contribution >= 0.6 is 15.9 Å². The van der Waals surface area contributed by atoms with Crippen molar-refractivity contribution < 1.29 is 33.8 Å². The number of carbonyl (C=O) groups excluding carboxylic acids is 4. The number of methoxy groups -OCH3 is 2. The number of fused-ring (bicyclic) bond motifs is 3. The SMILES string of the molecule is CCc1ccc(N2C(=O)[C@H]3[C@H](CC=C4[C@H](c5c(O)cc(OC)cc5OC)C5=C(C[C@H]43)C(=O)C(Br)=CC5=O)C2=O)cc1. The van der Waals surface area contributed by atoms with Gasteiger partial charge in [0.25, 0.3) is 0 Å². The lowest BCUT2D eigenvalue weighted by atomic mass is 9.59. The number of nitrogens with zero attached hydrogens (tertiary/aromatic N) is 1. The molecule has 4 aliphatic rings. The molecular weight excluding hydrogens is 590 g/mol. The van der Waals surface area contributed by atoms with E-state index in [9.17, 15) is 24.3 Å². The molecule has 0 unspecified atom stereocenters. The molecule has 8 nitrogen and oxygen atoms in total. The van der Waals surface area contributed by atoms with Crippen LogP contribution in [0.15, 0.2) is 69.8 Å². The third kappa shape index (κ3) is 4.09. The average molecular weight is 618 g/mol. The van der Waals surface area contributed by atoms with Crippen LogP contribution in [0.5, 0.6) is 17.2 Å². The van der Waals surface area contributed by atoms with Crippen molar-refractivity contribution in [2.75, 3.05) is 19.1 Å². The van der Waals surface area contributed by atoms with Crippen molar-refractivity contribution in [2.24, 2.45) is 17.8 Å². The molecule has 2 aromatic carbocycles. The fourth-order valence-corrected chi connectivity index (χ4v) is 7.28. The summed E-state index contributed by atoms with van der Waals surface area (Å²) in [7, 11) is 2.91. The van der Waals surface area contributed by atoms with Gasteiger partial charge in [0, 0.05) is 40.8 Å². The average Bonchev–Trinajstić information content (AvgIpc) is 3.24. The van der Waals surface area contributed by atoms with Gasteiger partial charge in [0.15, 0.2) is 11.6 Å². The predicted octanol–water partition coefficient (Wildman–Crippen LogP) is 4.94. The van der Waals surface area contributed by atoms with Crippen molar-refractivity contribution in [3.63, 3.8) is 0 Å². The van der Waals surface area contributed by atoms with Gasteiger partial charge in [-0.15, -0.1) is 0 Å². The molecule has 9 heteroatoms. The number of phenols is 1. The van der Waals surface area contributed by atoms with E-state index in [4.69, 9.17) is 9.47 Å². The summed E-state index contributed by atoms with van der Waals surface area (Å²) in [4.78, 5) is 55.9. The van der Waals surface area contributed by atoms with Gasteiger partial charge in [0.1, 0.15) is 17.2 Å². The first-order chi connectivity index (χ1) is 19.7. The van der Waals surface area contributed by atoms with Crippen molar-refractivity contribution >= 4 is 45.0 Å². The molecule has 0 bridgehead atoms. The van der Waals surface area contributed by atoms with Crippen molar-refractivity contribution in [1.82, 2.24) is 0 Å². The zero-order chi connectivity index (χ0) is 29.2. The number of aryl methyl sites for hydroxylation is 1. The van der Waals surface area contributed by atoms with Gasteiger partial charge in [-0.1, -0.05) is 30.7 Å². The van der Waals surface area contributed by atoms with E-state index in [0.717, 1.165) is 17.6 Å². The van der Waals surface area contributed by atoms with Crippen LogP contribution < -0.4 is 14.4 Å². The summed E-state index contributed by atoms with van der Waals surface area (Å²) < 4.78 is 11.1. The largest absolute Gasteiger partial charge is 0.507 e. The summed E-state index contributed by atoms with van der Waals surface area (Å²) in [6.45, 7) is 2.03. The second-order valence-electron chi connectivity index (χ2n) is 10.7. The summed E-state index contributed by atoms with van der Waals surface area (Å²) >= 11 is 3.23. The second kappa shape index (κ2) is 10.1. The van der Waals surface area contributed by atoms with Crippen LogP contribution in [-0.4, -0.2) is 42.7 Å². The summed E-state index contributed by atoms with van der Waals surface area (Å²) in [6, 6.07) is 10.4.